The van der Waals surface area contributed by atoms with Gasteiger partial charge in [-0.25, -0.2) is 8.78 Å². The van der Waals surface area contributed by atoms with E-state index in [1.54, 1.807) is 0 Å². The molecule has 0 spiro atoms. The van der Waals surface area contributed by atoms with Gasteiger partial charge in [-0.2, -0.15) is 0 Å². The maximum Gasteiger partial charge on any atom is 0.261 e. The molecule has 0 amide bonds. The fraction of sp³-hybridized carbons (Fsp3) is 1.00. The van der Waals surface area contributed by atoms with Crippen molar-refractivity contribution < 1.29 is 13.5 Å². The molecule has 0 radical (unpaired) electrons. The molecule has 0 aliphatic heterocycles. The zero-order chi connectivity index (χ0) is 10.6. The molecule has 1 saturated carbocycles. The Labute approximate surface area is 84.0 Å². The predicted octanol–water partition coefficient (Wildman–Crippen LogP) is 2.05. The summed E-state index contributed by atoms with van der Waals surface area (Å²) < 4.78 is 28.1. The van der Waals surface area contributed by atoms with Gasteiger partial charge in [-0.3, -0.25) is 0 Å². The Bertz CT molecular complexity index is 172. The minimum absolute atomic E-state index is 0.366. The number of halogens is 2. The van der Waals surface area contributed by atoms with Crippen molar-refractivity contribution in [3.63, 3.8) is 0 Å². The number of nitrogens with one attached hydrogen (secondary N) is 1. The SMILES string of the molecule is CC(NCCOCC(F)F)C1(C)CC1. The van der Waals surface area contributed by atoms with Gasteiger partial charge in [0, 0.05) is 12.6 Å². The molecule has 4 heteroatoms. The van der Waals surface area contributed by atoms with Crippen LogP contribution in [0.5, 0.6) is 0 Å². The molecule has 14 heavy (non-hydrogen) atoms. The number of ether oxygens (including phenoxy) is 1. The smallest absolute Gasteiger partial charge is 0.261 e. The molecule has 0 heterocycles. The molecule has 2 nitrogen and oxygen atoms in total. The second-order valence-corrected chi connectivity index (χ2v) is 4.30. The molecule has 1 fully saturated rings. The molecule has 1 unspecified atom stereocenters. The summed E-state index contributed by atoms with van der Waals surface area (Å²) in [5.74, 6) is 0. The zero-order valence-corrected chi connectivity index (χ0v) is 8.85. The summed E-state index contributed by atoms with van der Waals surface area (Å²) in [5.41, 5.74) is 0.433. The molecule has 1 N–H and O–H groups in total. The molecule has 1 rings (SSSR count). The molecule has 0 bridgehead atoms. The lowest BCUT2D eigenvalue weighted by atomic mass is 10.0. The monoisotopic (exact) mass is 207 g/mol. The van der Waals surface area contributed by atoms with E-state index < -0.39 is 13.0 Å². The molecule has 1 atom stereocenters. The first-order valence-electron chi connectivity index (χ1n) is 5.14. The van der Waals surface area contributed by atoms with Gasteiger partial charge in [0.15, 0.2) is 0 Å². The molecule has 84 valence electrons. The van der Waals surface area contributed by atoms with Gasteiger partial charge in [0.25, 0.3) is 6.43 Å². The van der Waals surface area contributed by atoms with E-state index in [0.717, 1.165) is 0 Å². The van der Waals surface area contributed by atoms with Gasteiger partial charge in [0.1, 0.15) is 6.61 Å². The zero-order valence-electron chi connectivity index (χ0n) is 8.85. The van der Waals surface area contributed by atoms with Crippen LogP contribution in [0, 0.1) is 5.41 Å². The van der Waals surface area contributed by atoms with Gasteiger partial charge in [0.2, 0.25) is 0 Å². The van der Waals surface area contributed by atoms with Crippen molar-refractivity contribution in [2.24, 2.45) is 5.41 Å². The summed E-state index contributed by atoms with van der Waals surface area (Å²) >= 11 is 0. The van der Waals surface area contributed by atoms with Gasteiger partial charge in [-0.1, -0.05) is 6.92 Å². The molecule has 0 aromatic carbocycles. The Morgan fingerprint density at radius 2 is 2.07 bits per heavy atom. The van der Waals surface area contributed by atoms with Crippen molar-refractivity contribution >= 4 is 0 Å². The van der Waals surface area contributed by atoms with Gasteiger partial charge >= 0.3 is 0 Å². The van der Waals surface area contributed by atoms with Crippen LogP contribution < -0.4 is 5.32 Å². The summed E-state index contributed by atoms with van der Waals surface area (Å²) in [6, 6.07) is 0.456. The van der Waals surface area contributed by atoms with Crippen molar-refractivity contribution in [3.8, 4) is 0 Å². The van der Waals surface area contributed by atoms with Crippen molar-refractivity contribution in [2.45, 2.75) is 39.2 Å². The molecular formula is C10H19F2NO. The summed E-state index contributed by atoms with van der Waals surface area (Å²) in [6.07, 6.45) is 0.173. The summed E-state index contributed by atoms with van der Waals surface area (Å²) in [7, 11) is 0. The molecular weight excluding hydrogens is 188 g/mol. The highest BCUT2D eigenvalue weighted by atomic mass is 19.3. The van der Waals surface area contributed by atoms with Gasteiger partial charge in [-0.05, 0) is 25.2 Å². The first-order valence-corrected chi connectivity index (χ1v) is 5.14. The lowest BCUT2D eigenvalue weighted by molar-refractivity contribution is 0.0178. The normalized spacial score (nSPS) is 21.2. The minimum atomic E-state index is -2.35. The lowest BCUT2D eigenvalue weighted by Gasteiger charge is -2.20. The Kier molecular flexibility index (Phi) is 4.26. The second-order valence-electron chi connectivity index (χ2n) is 4.30. The molecule has 0 aromatic heterocycles. The van der Waals surface area contributed by atoms with Crippen LogP contribution in [0.1, 0.15) is 26.7 Å². The van der Waals surface area contributed by atoms with Crippen molar-refractivity contribution in [3.05, 3.63) is 0 Å². The Morgan fingerprint density at radius 3 is 2.57 bits per heavy atom. The summed E-state index contributed by atoms with van der Waals surface area (Å²) in [4.78, 5) is 0. The third-order valence-electron chi connectivity index (χ3n) is 3.02. The topological polar surface area (TPSA) is 21.3 Å². The number of rotatable bonds is 7. The van der Waals surface area contributed by atoms with Crippen LogP contribution in [0.2, 0.25) is 0 Å². The van der Waals surface area contributed by atoms with E-state index in [-0.39, 0.29) is 0 Å². The van der Waals surface area contributed by atoms with Crippen LogP contribution >= 0.6 is 0 Å². The van der Waals surface area contributed by atoms with Crippen LogP contribution in [0.15, 0.2) is 0 Å². The maximum absolute atomic E-state index is 11.7. The third-order valence-corrected chi connectivity index (χ3v) is 3.02. The molecule has 1 aliphatic rings. The quantitative estimate of drug-likeness (QED) is 0.645. The van der Waals surface area contributed by atoms with Crippen LogP contribution in [-0.4, -0.2) is 32.2 Å². The Balaban J connectivity index is 1.93. The molecule has 1 aliphatic carbocycles. The Morgan fingerprint density at radius 1 is 1.43 bits per heavy atom. The largest absolute Gasteiger partial charge is 0.374 e. The van der Waals surface area contributed by atoms with Crippen LogP contribution in [0.3, 0.4) is 0 Å². The Hall–Kier alpha value is -0.220. The number of alkyl halides is 2. The van der Waals surface area contributed by atoms with Crippen molar-refractivity contribution in [1.29, 1.82) is 0 Å². The van der Waals surface area contributed by atoms with E-state index in [9.17, 15) is 8.78 Å². The van der Waals surface area contributed by atoms with E-state index in [0.29, 0.717) is 24.6 Å². The molecule has 0 aromatic rings. The minimum Gasteiger partial charge on any atom is -0.374 e. The van der Waals surface area contributed by atoms with Gasteiger partial charge in [-0.15, -0.1) is 0 Å². The highest BCUT2D eigenvalue weighted by Crippen LogP contribution is 2.47. The fourth-order valence-electron chi connectivity index (χ4n) is 1.40. The van der Waals surface area contributed by atoms with Gasteiger partial charge < -0.3 is 10.1 Å². The average Bonchev–Trinajstić information content (AvgIpc) is 2.83. The number of hydrogen-bond acceptors (Lipinski definition) is 2. The lowest BCUT2D eigenvalue weighted by Crippen LogP contribution is -2.35. The maximum atomic E-state index is 11.7. The van der Waals surface area contributed by atoms with Crippen LogP contribution in [-0.2, 0) is 4.74 Å². The van der Waals surface area contributed by atoms with Crippen molar-refractivity contribution in [1.82, 2.24) is 5.32 Å². The number of hydrogen-bond donors (Lipinski definition) is 1. The van der Waals surface area contributed by atoms with E-state index in [1.165, 1.54) is 12.8 Å². The van der Waals surface area contributed by atoms with E-state index in [1.807, 2.05) is 0 Å². The first kappa shape index (κ1) is 11.9. The van der Waals surface area contributed by atoms with Crippen LogP contribution in [0.4, 0.5) is 8.78 Å². The highest BCUT2D eigenvalue weighted by molar-refractivity contribution is 4.96. The highest BCUT2D eigenvalue weighted by Gasteiger charge is 2.41. The van der Waals surface area contributed by atoms with Crippen molar-refractivity contribution in [2.75, 3.05) is 19.8 Å². The molecule has 0 saturated heterocycles. The van der Waals surface area contributed by atoms with Gasteiger partial charge in [0.05, 0.1) is 6.61 Å². The standard InChI is InChI=1S/C10H19F2NO/c1-8(10(2)3-4-10)13-5-6-14-7-9(11)12/h8-9,13H,3-7H2,1-2H3. The average molecular weight is 207 g/mol. The predicted molar refractivity (Wildman–Crippen MR) is 51.6 cm³/mol. The van der Waals surface area contributed by atoms with E-state index in [4.69, 9.17) is 4.74 Å². The summed E-state index contributed by atoms with van der Waals surface area (Å²) in [6.45, 7) is 4.95. The summed E-state index contributed by atoms with van der Waals surface area (Å²) in [5, 5.41) is 3.29. The van der Waals surface area contributed by atoms with E-state index >= 15 is 0 Å². The fourth-order valence-corrected chi connectivity index (χ4v) is 1.40. The van der Waals surface area contributed by atoms with Crippen LogP contribution in [0.25, 0.3) is 0 Å². The third kappa shape index (κ3) is 3.88. The first-order chi connectivity index (χ1) is 6.54. The second kappa shape index (κ2) is 5.03. The van der Waals surface area contributed by atoms with E-state index in [2.05, 4.69) is 19.2 Å².